The monoisotopic (exact) mass is 226 g/mol. The highest BCUT2D eigenvalue weighted by Gasteiger charge is 2.26. The molecule has 0 saturated heterocycles. The Bertz CT molecular complexity index is 482. The summed E-state index contributed by atoms with van der Waals surface area (Å²) in [6, 6.07) is 1.88. The molecule has 0 fully saturated rings. The maximum Gasteiger partial charge on any atom is 0.232 e. The highest BCUT2D eigenvalue weighted by atomic mass is 32.2. The third-order valence-corrected chi connectivity index (χ3v) is 3.81. The zero-order chi connectivity index (χ0) is 11.1. The van der Waals surface area contributed by atoms with Crippen molar-refractivity contribution in [2.24, 2.45) is 0 Å². The number of aryl methyl sites for hydroxylation is 1. The van der Waals surface area contributed by atoms with Crippen molar-refractivity contribution < 1.29 is 8.42 Å². The fourth-order valence-corrected chi connectivity index (χ4v) is 2.77. The van der Waals surface area contributed by atoms with Gasteiger partial charge in [0.25, 0.3) is 0 Å². The molecule has 5 heteroatoms. The molecule has 0 unspecified atom stereocenters. The summed E-state index contributed by atoms with van der Waals surface area (Å²) in [7, 11) is -3.14. The molecule has 0 saturated carbocycles. The number of fused-ring (bicyclic) bond motifs is 1. The number of nitrogens with zero attached hydrogens (tertiary/aromatic N) is 2. The maximum atomic E-state index is 11.5. The molecule has 0 radical (unpaired) electrons. The van der Waals surface area contributed by atoms with E-state index >= 15 is 0 Å². The van der Waals surface area contributed by atoms with Crippen LogP contribution in [-0.2, 0) is 22.9 Å². The van der Waals surface area contributed by atoms with Crippen molar-refractivity contribution in [3.8, 4) is 0 Å². The number of rotatable bonds is 2. The fourth-order valence-electron chi connectivity index (χ4n) is 1.82. The predicted molar refractivity (Wildman–Crippen MR) is 59.5 cm³/mol. The standard InChI is InChI=1S/C10H14N2O2S/c1-3-9-6-10-8(7-11-9)4-5-12(10)15(2,13)14/h6-7H,3-5H2,1-2H3. The number of sulfonamides is 1. The Morgan fingerprint density at radius 3 is 2.87 bits per heavy atom. The molecule has 0 amide bonds. The van der Waals surface area contributed by atoms with E-state index in [1.54, 1.807) is 6.20 Å². The highest BCUT2D eigenvalue weighted by molar-refractivity contribution is 7.92. The first-order valence-corrected chi connectivity index (χ1v) is 6.82. The van der Waals surface area contributed by atoms with E-state index in [2.05, 4.69) is 4.98 Å². The van der Waals surface area contributed by atoms with E-state index in [4.69, 9.17) is 0 Å². The summed E-state index contributed by atoms with van der Waals surface area (Å²) < 4.78 is 24.5. The van der Waals surface area contributed by atoms with Gasteiger partial charge in [-0.05, 0) is 24.5 Å². The van der Waals surface area contributed by atoms with Crippen molar-refractivity contribution in [3.05, 3.63) is 23.5 Å². The molecule has 0 aromatic carbocycles. The van der Waals surface area contributed by atoms with Gasteiger partial charge in [0.2, 0.25) is 10.0 Å². The first-order valence-electron chi connectivity index (χ1n) is 4.98. The topological polar surface area (TPSA) is 50.3 Å². The Morgan fingerprint density at radius 2 is 2.27 bits per heavy atom. The molecular weight excluding hydrogens is 212 g/mol. The van der Waals surface area contributed by atoms with Crippen LogP contribution in [0.3, 0.4) is 0 Å². The van der Waals surface area contributed by atoms with E-state index in [1.165, 1.54) is 10.6 Å². The lowest BCUT2D eigenvalue weighted by Gasteiger charge is -2.16. The average Bonchev–Trinajstić information content (AvgIpc) is 2.59. The van der Waals surface area contributed by atoms with Crippen LogP contribution in [0.25, 0.3) is 0 Å². The van der Waals surface area contributed by atoms with Crippen LogP contribution in [0.4, 0.5) is 5.69 Å². The Balaban J connectivity index is 2.49. The largest absolute Gasteiger partial charge is 0.270 e. The Kier molecular flexibility index (Phi) is 2.42. The minimum Gasteiger partial charge on any atom is -0.270 e. The zero-order valence-corrected chi connectivity index (χ0v) is 9.71. The summed E-state index contributed by atoms with van der Waals surface area (Å²) in [5, 5.41) is 0. The fraction of sp³-hybridized carbons (Fsp3) is 0.500. The van der Waals surface area contributed by atoms with Crippen molar-refractivity contribution in [3.63, 3.8) is 0 Å². The van der Waals surface area contributed by atoms with E-state index in [0.29, 0.717) is 6.54 Å². The molecule has 4 nitrogen and oxygen atoms in total. The Morgan fingerprint density at radius 1 is 1.53 bits per heavy atom. The molecule has 1 aliphatic heterocycles. The maximum absolute atomic E-state index is 11.5. The first-order chi connectivity index (χ1) is 7.02. The van der Waals surface area contributed by atoms with Crippen LogP contribution >= 0.6 is 0 Å². The highest BCUT2D eigenvalue weighted by Crippen LogP contribution is 2.29. The molecule has 2 heterocycles. The van der Waals surface area contributed by atoms with Gasteiger partial charge in [-0.25, -0.2) is 8.42 Å². The molecular formula is C10H14N2O2S. The van der Waals surface area contributed by atoms with Gasteiger partial charge in [0.05, 0.1) is 11.9 Å². The second-order valence-corrected chi connectivity index (χ2v) is 5.65. The number of aromatic nitrogens is 1. The van der Waals surface area contributed by atoms with E-state index in [9.17, 15) is 8.42 Å². The third-order valence-electron chi connectivity index (χ3n) is 2.63. The van der Waals surface area contributed by atoms with Crippen molar-refractivity contribution in [1.82, 2.24) is 4.98 Å². The van der Waals surface area contributed by atoms with Crippen LogP contribution < -0.4 is 4.31 Å². The molecule has 0 spiro atoms. The molecule has 82 valence electrons. The summed E-state index contributed by atoms with van der Waals surface area (Å²) in [6.07, 6.45) is 4.62. The van der Waals surface area contributed by atoms with Crippen molar-refractivity contribution in [2.75, 3.05) is 17.1 Å². The average molecular weight is 226 g/mol. The minimum absolute atomic E-state index is 0.545. The second-order valence-electron chi connectivity index (χ2n) is 3.74. The molecule has 1 aromatic heterocycles. The van der Waals surface area contributed by atoms with Gasteiger partial charge in [-0.1, -0.05) is 6.92 Å². The smallest absolute Gasteiger partial charge is 0.232 e. The Hall–Kier alpha value is -1.10. The summed E-state index contributed by atoms with van der Waals surface area (Å²) in [5.74, 6) is 0. The minimum atomic E-state index is -3.14. The van der Waals surface area contributed by atoms with Gasteiger partial charge in [-0.2, -0.15) is 0 Å². The van der Waals surface area contributed by atoms with E-state index < -0.39 is 10.0 Å². The number of anilines is 1. The van der Waals surface area contributed by atoms with E-state index in [-0.39, 0.29) is 0 Å². The first kappa shape index (κ1) is 10.4. The normalized spacial score (nSPS) is 15.5. The van der Waals surface area contributed by atoms with E-state index in [1.807, 2.05) is 13.0 Å². The molecule has 0 aliphatic carbocycles. The van der Waals surface area contributed by atoms with Crippen LogP contribution in [0, 0.1) is 0 Å². The molecule has 1 aromatic rings. The lowest BCUT2D eigenvalue weighted by atomic mass is 10.2. The summed E-state index contributed by atoms with van der Waals surface area (Å²) in [5.41, 5.74) is 2.77. The molecule has 2 rings (SSSR count). The van der Waals surface area contributed by atoms with Crippen LogP contribution in [0.1, 0.15) is 18.2 Å². The van der Waals surface area contributed by atoms with Gasteiger partial charge in [-0.15, -0.1) is 0 Å². The number of hydrogen-bond donors (Lipinski definition) is 0. The van der Waals surface area contributed by atoms with Gasteiger partial charge in [0.1, 0.15) is 0 Å². The molecule has 0 N–H and O–H groups in total. The van der Waals surface area contributed by atoms with Gasteiger partial charge in [-0.3, -0.25) is 9.29 Å². The quantitative estimate of drug-likeness (QED) is 0.755. The predicted octanol–water partition coefficient (Wildman–Crippen LogP) is 0.966. The van der Waals surface area contributed by atoms with Crippen molar-refractivity contribution in [1.29, 1.82) is 0 Å². The van der Waals surface area contributed by atoms with Gasteiger partial charge < -0.3 is 0 Å². The van der Waals surface area contributed by atoms with Crippen LogP contribution in [0.5, 0.6) is 0 Å². The number of hydrogen-bond acceptors (Lipinski definition) is 3. The number of pyridine rings is 1. The molecule has 15 heavy (non-hydrogen) atoms. The summed E-state index contributed by atoms with van der Waals surface area (Å²) in [4.78, 5) is 4.26. The molecule has 0 atom stereocenters. The lowest BCUT2D eigenvalue weighted by molar-refractivity contribution is 0.598. The summed E-state index contributed by atoms with van der Waals surface area (Å²) in [6.45, 7) is 2.55. The van der Waals surface area contributed by atoms with Crippen LogP contribution in [0.15, 0.2) is 12.3 Å². The lowest BCUT2D eigenvalue weighted by Crippen LogP contribution is -2.27. The molecule has 0 bridgehead atoms. The van der Waals surface area contributed by atoms with Gasteiger partial charge in [0, 0.05) is 18.4 Å². The van der Waals surface area contributed by atoms with E-state index in [0.717, 1.165) is 29.8 Å². The van der Waals surface area contributed by atoms with Crippen LogP contribution in [0.2, 0.25) is 0 Å². The zero-order valence-electron chi connectivity index (χ0n) is 8.90. The SMILES string of the molecule is CCc1cc2c(cn1)CCN2S(C)(=O)=O. The molecule has 1 aliphatic rings. The second kappa shape index (κ2) is 3.48. The van der Waals surface area contributed by atoms with Crippen molar-refractivity contribution in [2.45, 2.75) is 19.8 Å². The van der Waals surface area contributed by atoms with Crippen LogP contribution in [-0.4, -0.2) is 26.2 Å². The summed E-state index contributed by atoms with van der Waals surface area (Å²) >= 11 is 0. The van der Waals surface area contributed by atoms with Gasteiger partial charge in [0.15, 0.2) is 0 Å². The van der Waals surface area contributed by atoms with Crippen molar-refractivity contribution >= 4 is 15.7 Å². The van der Waals surface area contributed by atoms with Gasteiger partial charge >= 0.3 is 0 Å². The third kappa shape index (κ3) is 1.84. The Labute approximate surface area is 90.0 Å².